The molecule has 1 aromatic carbocycles. The predicted octanol–water partition coefficient (Wildman–Crippen LogP) is 3.52. The van der Waals surface area contributed by atoms with E-state index >= 15 is 0 Å². The van der Waals surface area contributed by atoms with Gasteiger partial charge in [-0.25, -0.2) is 0 Å². The molecule has 6 nitrogen and oxygen atoms in total. The summed E-state index contributed by atoms with van der Waals surface area (Å²) < 4.78 is 0. The van der Waals surface area contributed by atoms with Crippen molar-refractivity contribution >= 4 is 34.8 Å². The van der Waals surface area contributed by atoms with Gasteiger partial charge < -0.3 is 10.6 Å². The highest BCUT2D eigenvalue weighted by atomic mass is 35.5. The maximum atomic E-state index is 12.0. The minimum absolute atomic E-state index is 0.289. The topological polar surface area (TPSA) is 79.8 Å². The van der Waals surface area contributed by atoms with Crippen LogP contribution in [0.4, 0.5) is 17.3 Å². The number of halogens is 1. The number of hydrogen-bond acceptors (Lipinski definition) is 5. The Morgan fingerprint density at radius 2 is 1.83 bits per heavy atom. The second-order valence-corrected chi connectivity index (χ2v) is 5.07. The largest absolute Gasteiger partial charge is 0.339 e. The molecular weight excluding hydrogens is 314 g/mol. The number of carbonyl (C=O) groups is 1. The summed E-state index contributed by atoms with van der Waals surface area (Å²) >= 11 is 5.92. The number of anilines is 3. The van der Waals surface area contributed by atoms with E-state index in [-0.39, 0.29) is 5.91 Å². The maximum Gasteiger partial charge on any atom is 0.258 e. The van der Waals surface area contributed by atoms with E-state index in [4.69, 9.17) is 11.6 Å². The van der Waals surface area contributed by atoms with Crippen molar-refractivity contribution in [3.05, 3.63) is 71.5 Å². The third kappa shape index (κ3) is 4.02. The van der Waals surface area contributed by atoms with Gasteiger partial charge in [-0.3, -0.25) is 9.78 Å². The minimum Gasteiger partial charge on any atom is -0.339 e. The molecule has 0 spiro atoms. The lowest BCUT2D eigenvalue weighted by Crippen LogP contribution is -2.13. The molecule has 2 aromatic heterocycles. The molecule has 0 aliphatic carbocycles. The van der Waals surface area contributed by atoms with Crippen LogP contribution in [-0.2, 0) is 0 Å². The summed E-state index contributed by atoms with van der Waals surface area (Å²) in [5.74, 6) is 0.616. The molecule has 0 aliphatic heterocycles. The van der Waals surface area contributed by atoms with Gasteiger partial charge in [0.25, 0.3) is 5.91 Å². The fourth-order valence-electron chi connectivity index (χ4n) is 1.87. The zero-order valence-corrected chi connectivity index (χ0v) is 12.7. The van der Waals surface area contributed by atoms with Gasteiger partial charge in [-0.1, -0.05) is 17.7 Å². The number of aromatic nitrogens is 3. The average molecular weight is 326 g/mol. The molecule has 2 N–H and O–H groups in total. The van der Waals surface area contributed by atoms with Crippen molar-refractivity contribution in [1.82, 2.24) is 15.2 Å². The maximum absolute atomic E-state index is 12.0. The molecule has 1 amide bonds. The highest BCUT2D eigenvalue weighted by Gasteiger charge is 2.07. The molecule has 0 fully saturated rings. The Hall–Kier alpha value is -2.99. The number of hydrogen-bond donors (Lipinski definition) is 2. The molecule has 23 heavy (non-hydrogen) atoms. The van der Waals surface area contributed by atoms with Crippen molar-refractivity contribution in [3.8, 4) is 0 Å². The lowest BCUT2D eigenvalue weighted by atomic mass is 10.3. The van der Waals surface area contributed by atoms with Crippen molar-refractivity contribution in [2.24, 2.45) is 0 Å². The smallest absolute Gasteiger partial charge is 0.258 e. The first kappa shape index (κ1) is 14.9. The van der Waals surface area contributed by atoms with Crippen molar-refractivity contribution in [2.75, 3.05) is 10.6 Å². The quantitative estimate of drug-likeness (QED) is 0.767. The lowest BCUT2D eigenvalue weighted by molar-refractivity contribution is 0.102. The number of benzene rings is 1. The van der Waals surface area contributed by atoms with Crippen LogP contribution in [0.25, 0.3) is 0 Å². The van der Waals surface area contributed by atoms with Gasteiger partial charge in [-0.2, -0.15) is 0 Å². The summed E-state index contributed by atoms with van der Waals surface area (Å²) in [6, 6.07) is 14.0. The summed E-state index contributed by atoms with van der Waals surface area (Å²) in [7, 11) is 0. The van der Waals surface area contributed by atoms with E-state index < -0.39 is 0 Å². The van der Waals surface area contributed by atoms with Gasteiger partial charge in [0.05, 0.1) is 5.56 Å². The number of rotatable bonds is 4. The number of pyridine rings is 1. The first-order valence-corrected chi connectivity index (χ1v) is 7.16. The van der Waals surface area contributed by atoms with Crippen LogP contribution in [0.2, 0.25) is 5.02 Å². The van der Waals surface area contributed by atoms with Crippen LogP contribution in [0.5, 0.6) is 0 Å². The van der Waals surface area contributed by atoms with E-state index in [2.05, 4.69) is 25.8 Å². The second-order valence-electron chi connectivity index (χ2n) is 4.63. The molecular formula is C16H12ClN5O. The van der Waals surface area contributed by atoms with E-state index in [0.717, 1.165) is 5.69 Å². The van der Waals surface area contributed by atoms with Gasteiger partial charge in [0.1, 0.15) is 0 Å². The molecule has 0 aliphatic rings. The van der Waals surface area contributed by atoms with Crippen molar-refractivity contribution < 1.29 is 4.79 Å². The fraction of sp³-hybridized carbons (Fsp3) is 0. The average Bonchev–Trinajstić information content (AvgIpc) is 2.57. The molecule has 0 unspecified atom stereocenters. The molecule has 114 valence electrons. The van der Waals surface area contributed by atoms with Crippen LogP contribution in [0.1, 0.15) is 10.4 Å². The Morgan fingerprint density at radius 3 is 2.52 bits per heavy atom. The van der Waals surface area contributed by atoms with Crippen LogP contribution < -0.4 is 10.6 Å². The highest BCUT2D eigenvalue weighted by Crippen LogP contribution is 2.19. The molecule has 3 rings (SSSR count). The summed E-state index contributed by atoms with van der Waals surface area (Å²) in [5.41, 5.74) is 1.26. The van der Waals surface area contributed by atoms with E-state index in [1.165, 1.54) is 6.20 Å². The van der Waals surface area contributed by atoms with E-state index in [1.54, 1.807) is 42.6 Å². The Morgan fingerprint density at radius 1 is 1.00 bits per heavy atom. The number of amides is 1. The Labute approximate surface area is 137 Å². The van der Waals surface area contributed by atoms with Gasteiger partial charge in [-0.15, -0.1) is 10.2 Å². The van der Waals surface area contributed by atoms with Gasteiger partial charge in [0.15, 0.2) is 11.6 Å². The van der Waals surface area contributed by atoms with Crippen LogP contribution >= 0.6 is 11.6 Å². The Bertz CT molecular complexity index is 808. The minimum atomic E-state index is -0.289. The second kappa shape index (κ2) is 6.85. The molecule has 0 bridgehead atoms. The van der Waals surface area contributed by atoms with Crippen LogP contribution in [0.15, 0.2) is 60.9 Å². The van der Waals surface area contributed by atoms with Crippen LogP contribution in [0.3, 0.4) is 0 Å². The molecule has 0 saturated heterocycles. The predicted molar refractivity (Wildman–Crippen MR) is 89.0 cm³/mol. The standard InChI is InChI=1S/C16H12ClN5O/c17-12-4-1-5-13(9-12)19-14-6-7-15(22-21-14)20-16(23)11-3-2-8-18-10-11/h1-10H,(H,19,21)(H,20,22,23). The summed E-state index contributed by atoms with van der Waals surface area (Å²) in [6.45, 7) is 0. The fourth-order valence-corrected chi connectivity index (χ4v) is 2.06. The number of nitrogens with one attached hydrogen (secondary N) is 2. The SMILES string of the molecule is O=C(Nc1ccc(Nc2cccc(Cl)c2)nn1)c1cccnc1. The van der Waals surface area contributed by atoms with Gasteiger partial charge in [0.2, 0.25) is 0 Å². The summed E-state index contributed by atoms with van der Waals surface area (Å²) in [4.78, 5) is 15.9. The summed E-state index contributed by atoms with van der Waals surface area (Å²) in [5, 5.41) is 14.3. The summed E-state index contributed by atoms with van der Waals surface area (Å²) in [6.07, 6.45) is 3.09. The van der Waals surface area contributed by atoms with E-state index in [9.17, 15) is 4.79 Å². The van der Waals surface area contributed by atoms with Gasteiger partial charge in [-0.05, 0) is 42.5 Å². The van der Waals surface area contributed by atoms with Gasteiger partial charge in [0, 0.05) is 23.1 Å². The molecule has 3 aromatic rings. The third-order valence-electron chi connectivity index (χ3n) is 2.93. The highest BCUT2D eigenvalue weighted by molar-refractivity contribution is 6.30. The number of carbonyl (C=O) groups excluding carboxylic acids is 1. The monoisotopic (exact) mass is 325 g/mol. The third-order valence-corrected chi connectivity index (χ3v) is 3.16. The molecule has 0 saturated carbocycles. The molecule has 0 atom stereocenters. The normalized spacial score (nSPS) is 10.1. The Balaban J connectivity index is 1.66. The first-order valence-electron chi connectivity index (χ1n) is 6.78. The number of nitrogens with zero attached hydrogens (tertiary/aromatic N) is 3. The molecule has 2 heterocycles. The van der Waals surface area contributed by atoms with Crippen LogP contribution in [-0.4, -0.2) is 21.1 Å². The van der Waals surface area contributed by atoms with E-state index in [0.29, 0.717) is 22.2 Å². The first-order chi connectivity index (χ1) is 11.2. The molecule has 7 heteroatoms. The zero-order chi connectivity index (χ0) is 16.1. The lowest BCUT2D eigenvalue weighted by Gasteiger charge is -2.07. The zero-order valence-electron chi connectivity index (χ0n) is 11.9. The van der Waals surface area contributed by atoms with Crippen LogP contribution in [0, 0.1) is 0 Å². The molecule has 0 radical (unpaired) electrons. The van der Waals surface area contributed by atoms with Crippen molar-refractivity contribution in [1.29, 1.82) is 0 Å². The van der Waals surface area contributed by atoms with Gasteiger partial charge >= 0.3 is 0 Å². The van der Waals surface area contributed by atoms with Crippen molar-refractivity contribution in [2.45, 2.75) is 0 Å². The Kier molecular flexibility index (Phi) is 4.44. The van der Waals surface area contributed by atoms with E-state index in [1.807, 2.05) is 12.1 Å². The van der Waals surface area contributed by atoms with Crippen molar-refractivity contribution in [3.63, 3.8) is 0 Å².